The topological polar surface area (TPSA) is 19.6 Å². The molecule has 0 aliphatic heterocycles. The molecule has 0 spiro atoms. The second kappa shape index (κ2) is 13.1. The van der Waals surface area contributed by atoms with Gasteiger partial charge in [-0.3, -0.25) is 0 Å². The maximum atomic E-state index is 6.42. The van der Waals surface area contributed by atoms with Crippen LogP contribution in [-0.4, -0.2) is 0 Å². The number of thiophene rings is 1. The van der Waals surface area contributed by atoms with E-state index in [1.807, 2.05) is 11.3 Å². The molecular weight excluding hydrogens is 725 g/mol. The normalized spacial score (nSPS) is 11.8. The number of benzene rings is 10. The summed E-state index contributed by atoms with van der Waals surface area (Å²) in [4.78, 5) is 4.77. The summed E-state index contributed by atoms with van der Waals surface area (Å²) in [6, 6.07) is 74.7. The van der Waals surface area contributed by atoms with E-state index >= 15 is 0 Å². The Kier molecular flexibility index (Phi) is 7.40. The minimum absolute atomic E-state index is 0.886. The number of rotatable bonds is 6. The molecule has 0 saturated carbocycles. The molecule has 12 aromatic rings. The first-order valence-electron chi connectivity index (χ1n) is 19.7. The number of furan rings is 1. The molecule has 0 fully saturated rings. The van der Waals surface area contributed by atoms with Gasteiger partial charge in [0.25, 0.3) is 0 Å². The van der Waals surface area contributed by atoms with Crippen LogP contribution in [0.2, 0.25) is 0 Å². The van der Waals surface area contributed by atoms with Crippen molar-refractivity contribution >= 4 is 120 Å². The molecule has 0 amide bonds. The van der Waals surface area contributed by atoms with Crippen LogP contribution in [0.5, 0.6) is 0 Å². The fourth-order valence-electron chi connectivity index (χ4n) is 8.81. The van der Waals surface area contributed by atoms with Gasteiger partial charge in [-0.05, 0) is 129 Å². The van der Waals surface area contributed by atoms with E-state index in [9.17, 15) is 0 Å². The van der Waals surface area contributed by atoms with Gasteiger partial charge in [0.05, 0.1) is 0 Å². The van der Waals surface area contributed by atoms with E-state index in [-0.39, 0.29) is 0 Å². The Morgan fingerprint density at radius 1 is 0.293 bits per heavy atom. The van der Waals surface area contributed by atoms with Crippen molar-refractivity contribution in [1.29, 1.82) is 0 Å². The average Bonchev–Trinajstić information content (AvgIpc) is 3.85. The number of anilines is 6. The summed E-state index contributed by atoms with van der Waals surface area (Å²) < 4.78 is 8.94. The Morgan fingerprint density at radius 2 is 0.741 bits per heavy atom. The highest BCUT2D eigenvalue weighted by Crippen LogP contribution is 2.45. The highest BCUT2D eigenvalue weighted by Gasteiger charge is 2.20. The largest absolute Gasteiger partial charge is 0.456 e. The summed E-state index contributed by atoms with van der Waals surface area (Å²) in [7, 11) is 0. The van der Waals surface area contributed by atoms with Crippen LogP contribution in [0.1, 0.15) is 0 Å². The van der Waals surface area contributed by atoms with Crippen molar-refractivity contribution < 1.29 is 4.42 Å². The van der Waals surface area contributed by atoms with Gasteiger partial charge in [0, 0.05) is 65.1 Å². The minimum atomic E-state index is 0.886. The highest BCUT2D eigenvalue weighted by atomic mass is 32.1. The van der Waals surface area contributed by atoms with Gasteiger partial charge >= 0.3 is 0 Å². The number of hydrogen-bond donors (Lipinski definition) is 0. The Labute approximate surface area is 338 Å². The molecule has 2 heterocycles. The molecule has 10 aromatic carbocycles. The van der Waals surface area contributed by atoms with Crippen molar-refractivity contribution in [1.82, 2.24) is 0 Å². The lowest BCUT2D eigenvalue weighted by Crippen LogP contribution is -2.10. The molecule has 4 heteroatoms. The zero-order chi connectivity index (χ0) is 38.2. The van der Waals surface area contributed by atoms with E-state index in [0.717, 1.165) is 56.1 Å². The Bertz CT molecular complexity index is 3470. The number of fused-ring (bicyclic) bond motifs is 10. The zero-order valence-electron chi connectivity index (χ0n) is 31.3. The molecular formula is C54H34N2OS. The molecule has 0 bridgehead atoms. The first kappa shape index (κ1) is 32.8. The van der Waals surface area contributed by atoms with Crippen LogP contribution in [0.15, 0.2) is 211 Å². The van der Waals surface area contributed by atoms with Crippen LogP contribution >= 0.6 is 11.3 Å². The third-order valence-electron chi connectivity index (χ3n) is 11.6. The van der Waals surface area contributed by atoms with Gasteiger partial charge in [-0.2, -0.15) is 0 Å². The van der Waals surface area contributed by atoms with Gasteiger partial charge in [-0.1, -0.05) is 109 Å². The van der Waals surface area contributed by atoms with Crippen LogP contribution in [0.4, 0.5) is 34.1 Å². The van der Waals surface area contributed by atoms with Gasteiger partial charge < -0.3 is 14.2 Å². The molecule has 272 valence electrons. The predicted molar refractivity (Wildman–Crippen MR) is 248 cm³/mol. The van der Waals surface area contributed by atoms with Crippen molar-refractivity contribution in [2.75, 3.05) is 9.80 Å². The van der Waals surface area contributed by atoms with Gasteiger partial charge in [0.2, 0.25) is 0 Å². The second-order valence-corrected chi connectivity index (χ2v) is 16.1. The van der Waals surface area contributed by atoms with Gasteiger partial charge in [-0.15, -0.1) is 11.3 Å². The quantitative estimate of drug-likeness (QED) is 0.168. The van der Waals surface area contributed by atoms with E-state index in [4.69, 9.17) is 4.42 Å². The van der Waals surface area contributed by atoms with Crippen molar-refractivity contribution in [2.24, 2.45) is 0 Å². The highest BCUT2D eigenvalue weighted by molar-refractivity contribution is 7.25. The predicted octanol–water partition coefficient (Wildman–Crippen LogP) is 16.4. The third-order valence-corrected chi connectivity index (χ3v) is 12.7. The lowest BCUT2D eigenvalue weighted by Gasteiger charge is -2.26. The minimum Gasteiger partial charge on any atom is -0.456 e. The van der Waals surface area contributed by atoms with E-state index < -0.39 is 0 Å². The molecule has 3 nitrogen and oxygen atoms in total. The summed E-state index contributed by atoms with van der Waals surface area (Å²) in [5.74, 6) is 0. The summed E-state index contributed by atoms with van der Waals surface area (Å²) in [6.07, 6.45) is 0. The van der Waals surface area contributed by atoms with Crippen LogP contribution < -0.4 is 9.80 Å². The van der Waals surface area contributed by atoms with Gasteiger partial charge in [0.15, 0.2) is 0 Å². The SMILES string of the molecule is c1ccc(N(c2ccc3sc4ccc(N(c5ccc6ccccc6c5)c5ccc6ccccc6c5)cc4c3c2)c2ccc3oc4ccc5ccccc5c4c3c2)cc1. The zero-order valence-corrected chi connectivity index (χ0v) is 32.2. The summed E-state index contributed by atoms with van der Waals surface area (Å²) in [6.45, 7) is 0. The van der Waals surface area contributed by atoms with Crippen LogP contribution in [-0.2, 0) is 0 Å². The first-order chi connectivity index (χ1) is 28.7. The molecule has 0 saturated heterocycles. The fourth-order valence-corrected chi connectivity index (χ4v) is 9.88. The summed E-state index contributed by atoms with van der Waals surface area (Å²) >= 11 is 1.85. The van der Waals surface area contributed by atoms with Gasteiger partial charge in [0.1, 0.15) is 11.2 Å². The number of para-hydroxylation sites is 1. The standard InChI is InChI=1S/C54H34N2OS/c1-2-15-40(16-3-1)55(43-23-27-50-49(34-43)54-46-17-9-8-12-37(46)20-26-51(54)57-50)44-24-28-52-47(32-44)48-33-45(25-29-53(48)58-52)56(41-21-18-35-10-4-6-13-38(35)30-41)42-22-19-36-11-5-7-14-39(36)31-42/h1-34H. The smallest absolute Gasteiger partial charge is 0.136 e. The lowest BCUT2D eigenvalue weighted by atomic mass is 10.0. The fraction of sp³-hybridized carbons (Fsp3) is 0. The molecule has 0 radical (unpaired) electrons. The Balaban J connectivity index is 1.04. The number of hydrogen-bond acceptors (Lipinski definition) is 4. The molecule has 0 aliphatic rings. The van der Waals surface area contributed by atoms with Crippen LogP contribution in [0, 0.1) is 0 Å². The third kappa shape index (κ3) is 5.34. The van der Waals surface area contributed by atoms with E-state index in [2.05, 4.69) is 216 Å². The molecule has 2 aromatic heterocycles. The molecule has 58 heavy (non-hydrogen) atoms. The van der Waals surface area contributed by atoms with Crippen molar-refractivity contribution in [3.05, 3.63) is 206 Å². The molecule has 12 rings (SSSR count). The van der Waals surface area contributed by atoms with Crippen LogP contribution in [0.3, 0.4) is 0 Å². The van der Waals surface area contributed by atoms with Crippen molar-refractivity contribution in [3.8, 4) is 0 Å². The average molecular weight is 759 g/mol. The molecule has 0 aliphatic carbocycles. The first-order valence-corrected chi connectivity index (χ1v) is 20.5. The lowest BCUT2D eigenvalue weighted by molar-refractivity contribution is 0.669. The second-order valence-electron chi connectivity index (χ2n) is 15.0. The molecule has 0 atom stereocenters. The van der Waals surface area contributed by atoms with E-state index in [1.165, 1.54) is 52.5 Å². The van der Waals surface area contributed by atoms with Crippen molar-refractivity contribution in [2.45, 2.75) is 0 Å². The summed E-state index contributed by atoms with van der Waals surface area (Å²) in [5.41, 5.74) is 8.43. The van der Waals surface area contributed by atoms with Crippen molar-refractivity contribution in [3.63, 3.8) is 0 Å². The molecule has 0 N–H and O–H groups in total. The maximum Gasteiger partial charge on any atom is 0.136 e. The Morgan fingerprint density at radius 3 is 1.38 bits per heavy atom. The summed E-state index contributed by atoms with van der Waals surface area (Å²) in [5, 5.41) is 12.0. The maximum absolute atomic E-state index is 6.42. The monoisotopic (exact) mass is 758 g/mol. The van der Waals surface area contributed by atoms with E-state index in [1.54, 1.807) is 0 Å². The molecule has 0 unspecified atom stereocenters. The Hall–Kier alpha value is -7.40. The number of nitrogens with zero attached hydrogens (tertiary/aromatic N) is 2. The van der Waals surface area contributed by atoms with Gasteiger partial charge in [-0.25, -0.2) is 0 Å². The van der Waals surface area contributed by atoms with E-state index in [0.29, 0.717) is 0 Å². The van der Waals surface area contributed by atoms with Crippen LogP contribution in [0.25, 0.3) is 74.4 Å².